The van der Waals surface area contributed by atoms with Crippen molar-refractivity contribution < 1.29 is 9.53 Å². The van der Waals surface area contributed by atoms with Crippen LogP contribution < -0.4 is 10.6 Å². The molecule has 0 aromatic carbocycles. The van der Waals surface area contributed by atoms with Crippen LogP contribution in [0.1, 0.15) is 26.7 Å². The van der Waals surface area contributed by atoms with Gasteiger partial charge in [-0.15, -0.1) is 0 Å². The van der Waals surface area contributed by atoms with Gasteiger partial charge in [0.1, 0.15) is 0 Å². The molecule has 0 bridgehead atoms. The Hall–Kier alpha value is -0.610. The van der Waals surface area contributed by atoms with Crippen molar-refractivity contribution in [2.75, 3.05) is 13.7 Å². The molecule has 2 atom stereocenters. The van der Waals surface area contributed by atoms with E-state index in [1.165, 1.54) is 0 Å². The van der Waals surface area contributed by atoms with Crippen LogP contribution in [0.2, 0.25) is 0 Å². The zero-order valence-electron chi connectivity index (χ0n) is 9.17. The second kappa shape index (κ2) is 5.32. The average molecular weight is 200 g/mol. The van der Waals surface area contributed by atoms with Crippen molar-refractivity contribution in [3.8, 4) is 0 Å². The normalized spacial score (nSPS) is 20.2. The highest BCUT2D eigenvalue weighted by Crippen LogP contribution is 2.18. The molecule has 4 nitrogen and oxygen atoms in total. The van der Waals surface area contributed by atoms with Crippen LogP contribution in [0, 0.1) is 0 Å². The predicted molar refractivity (Wildman–Crippen MR) is 55.1 cm³/mol. The molecule has 0 radical (unpaired) electrons. The molecule has 1 aliphatic rings. The molecule has 2 N–H and O–H groups in total. The third-order valence-corrected chi connectivity index (χ3v) is 2.27. The molecule has 1 aliphatic carbocycles. The maximum atomic E-state index is 11.5. The Labute approximate surface area is 85.4 Å². The number of carbonyl (C=O) groups is 1. The molecular formula is C10H20N2O2. The van der Waals surface area contributed by atoms with Crippen molar-refractivity contribution in [3.05, 3.63) is 0 Å². The largest absolute Gasteiger partial charge is 0.383 e. The number of hydrogen-bond acceptors (Lipinski definition) is 3. The minimum Gasteiger partial charge on any atom is -0.383 e. The summed E-state index contributed by atoms with van der Waals surface area (Å²) in [4.78, 5) is 11.5. The number of carbonyl (C=O) groups excluding carboxylic acids is 1. The molecule has 14 heavy (non-hydrogen) atoms. The van der Waals surface area contributed by atoms with Gasteiger partial charge in [0.15, 0.2) is 0 Å². The van der Waals surface area contributed by atoms with Crippen LogP contribution in [-0.4, -0.2) is 37.7 Å². The molecule has 1 fully saturated rings. The van der Waals surface area contributed by atoms with Gasteiger partial charge >= 0.3 is 0 Å². The van der Waals surface area contributed by atoms with Crippen LogP contribution in [0.15, 0.2) is 0 Å². The fraction of sp³-hybridized carbons (Fsp3) is 0.900. The quantitative estimate of drug-likeness (QED) is 0.647. The third kappa shape index (κ3) is 4.07. The van der Waals surface area contributed by atoms with E-state index >= 15 is 0 Å². The lowest BCUT2D eigenvalue weighted by atomic mass is 10.2. The highest BCUT2D eigenvalue weighted by Gasteiger charge is 2.25. The summed E-state index contributed by atoms with van der Waals surface area (Å²) in [6, 6.07) is 0.505. The highest BCUT2D eigenvalue weighted by molar-refractivity contribution is 5.81. The predicted octanol–water partition coefficient (Wildman–Crippen LogP) is 0.278. The maximum absolute atomic E-state index is 11.5. The van der Waals surface area contributed by atoms with Crippen LogP contribution in [0.5, 0.6) is 0 Å². The lowest BCUT2D eigenvalue weighted by Crippen LogP contribution is -2.47. The molecule has 82 valence electrons. The second-order valence-electron chi connectivity index (χ2n) is 4.03. The Balaban J connectivity index is 2.17. The van der Waals surface area contributed by atoms with Crippen LogP contribution in [0.4, 0.5) is 0 Å². The summed E-state index contributed by atoms with van der Waals surface area (Å²) in [7, 11) is 1.66. The van der Waals surface area contributed by atoms with E-state index in [1.54, 1.807) is 7.11 Å². The molecule has 0 aliphatic heterocycles. The number of amides is 1. The zero-order valence-corrected chi connectivity index (χ0v) is 9.17. The minimum absolute atomic E-state index is 0.0930. The third-order valence-electron chi connectivity index (χ3n) is 2.27. The Kier molecular flexibility index (Phi) is 4.35. The summed E-state index contributed by atoms with van der Waals surface area (Å²) >= 11 is 0. The highest BCUT2D eigenvalue weighted by atomic mass is 16.5. The van der Waals surface area contributed by atoms with Gasteiger partial charge in [-0.05, 0) is 26.7 Å². The monoisotopic (exact) mass is 200 g/mol. The summed E-state index contributed by atoms with van der Waals surface area (Å²) in [6.07, 6.45) is 2.26. The first-order chi connectivity index (χ1) is 6.63. The standard InChI is InChI=1S/C10H20N2O2/c1-7(6-14-3)11-8(2)10(13)12-9-4-5-9/h7-9,11H,4-6H2,1-3H3,(H,12,13). The van der Waals surface area contributed by atoms with Crippen molar-refractivity contribution in [2.24, 2.45) is 0 Å². The van der Waals surface area contributed by atoms with Gasteiger partial charge < -0.3 is 15.4 Å². The number of methoxy groups -OCH3 is 1. The fourth-order valence-corrected chi connectivity index (χ4v) is 1.35. The van der Waals surface area contributed by atoms with E-state index in [4.69, 9.17) is 4.74 Å². The SMILES string of the molecule is COCC(C)NC(C)C(=O)NC1CC1. The molecule has 1 amide bonds. The minimum atomic E-state index is -0.138. The van der Waals surface area contributed by atoms with Gasteiger partial charge in [-0.2, -0.15) is 0 Å². The van der Waals surface area contributed by atoms with E-state index in [1.807, 2.05) is 13.8 Å². The van der Waals surface area contributed by atoms with Gasteiger partial charge in [0.25, 0.3) is 0 Å². The summed E-state index contributed by atoms with van der Waals surface area (Å²) in [5.74, 6) is 0.0930. The number of ether oxygens (including phenoxy) is 1. The Morgan fingerprint density at radius 3 is 2.64 bits per heavy atom. The van der Waals surface area contributed by atoms with Gasteiger partial charge in [-0.25, -0.2) is 0 Å². The first kappa shape index (κ1) is 11.5. The summed E-state index contributed by atoms with van der Waals surface area (Å²) < 4.78 is 4.98. The Morgan fingerprint density at radius 2 is 2.14 bits per heavy atom. The van der Waals surface area contributed by atoms with E-state index in [-0.39, 0.29) is 18.0 Å². The van der Waals surface area contributed by atoms with Crippen molar-refractivity contribution >= 4 is 5.91 Å². The molecule has 0 heterocycles. The second-order valence-corrected chi connectivity index (χ2v) is 4.03. The number of hydrogen-bond donors (Lipinski definition) is 2. The van der Waals surface area contributed by atoms with Gasteiger partial charge in [-0.1, -0.05) is 0 Å². The first-order valence-electron chi connectivity index (χ1n) is 5.19. The lowest BCUT2D eigenvalue weighted by Gasteiger charge is -2.18. The zero-order chi connectivity index (χ0) is 10.6. The number of nitrogens with one attached hydrogen (secondary N) is 2. The van der Waals surface area contributed by atoms with Gasteiger partial charge in [0, 0.05) is 19.2 Å². The molecule has 2 unspecified atom stereocenters. The molecule has 1 saturated carbocycles. The molecule has 0 spiro atoms. The molecule has 0 aromatic rings. The maximum Gasteiger partial charge on any atom is 0.237 e. The van der Waals surface area contributed by atoms with Crippen molar-refractivity contribution in [1.29, 1.82) is 0 Å². The van der Waals surface area contributed by atoms with Crippen molar-refractivity contribution in [2.45, 2.75) is 44.8 Å². The van der Waals surface area contributed by atoms with E-state index < -0.39 is 0 Å². The van der Waals surface area contributed by atoms with E-state index in [0.717, 1.165) is 12.8 Å². The Morgan fingerprint density at radius 1 is 1.50 bits per heavy atom. The molecule has 4 heteroatoms. The van der Waals surface area contributed by atoms with Crippen LogP contribution in [0.3, 0.4) is 0 Å². The van der Waals surface area contributed by atoms with Crippen LogP contribution >= 0.6 is 0 Å². The Bertz CT molecular complexity index is 193. The lowest BCUT2D eigenvalue weighted by molar-refractivity contribution is -0.123. The van der Waals surface area contributed by atoms with E-state index in [9.17, 15) is 4.79 Å². The van der Waals surface area contributed by atoms with Gasteiger partial charge in [-0.3, -0.25) is 4.79 Å². The van der Waals surface area contributed by atoms with Crippen molar-refractivity contribution in [3.63, 3.8) is 0 Å². The summed E-state index contributed by atoms with van der Waals surface area (Å²) in [5, 5.41) is 6.14. The fourth-order valence-electron chi connectivity index (χ4n) is 1.35. The van der Waals surface area contributed by atoms with E-state index in [0.29, 0.717) is 12.6 Å². The molecular weight excluding hydrogens is 180 g/mol. The first-order valence-corrected chi connectivity index (χ1v) is 5.19. The van der Waals surface area contributed by atoms with Crippen LogP contribution in [-0.2, 0) is 9.53 Å². The summed E-state index contributed by atoms with van der Waals surface area (Å²) in [6.45, 7) is 4.51. The smallest absolute Gasteiger partial charge is 0.237 e. The average Bonchev–Trinajstić information content (AvgIpc) is 2.88. The molecule has 1 rings (SSSR count). The van der Waals surface area contributed by atoms with Crippen molar-refractivity contribution in [1.82, 2.24) is 10.6 Å². The van der Waals surface area contributed by atoms with Gasteiger partial charge in [0.05, 0.1) is 12.6 Å². The van der Waals surface area contributed by atoms with Gasteiger partial charge in [0.2, 0.25) is 5.91 Å². The number of rotatable bonds is 6. The van der Waals surface area contributed by atoms with E-state index in [2.05, 4.69) is 10.6 Å². The van der Waals surface area contributed by atoms with Crippen LogP contribution in [0.25, 0.3) is 0 Å². The molecule has 0 aromatic heterocycles. The topological polar surface area (TPSA) is 50.4 Å². The molecule has 0 saturated heterocycles. The summed E-state index contributed by atoms with van der Waals surface area (Å²) in [5.41, 5.74) is 0.